The van der Waals surface area contributed by atoms with Crippen LogP contribution < -0.4 is 15.4 Å². The second-order valence-electron chi connectivity index (χ2n) is 11.0. The Kier molecular flexibility index (Phi) is 10.7. The molecule has 4 rings (SSSR count). The van der Waals surface area contributed by atoms with Crippen molar-refractivity contribution in [2.75, 3.05) is 26.7 Å². The van der Waals surface area contributed by atoms with Crippen molar-refractivity contribution < 1.29 is 19.0 Å². The Balaban J connectivity index is 1.56. The van der Waals surface area contributed by atoms with Gasteiger partial charge >= 0.3 is 0 Å². The molecule has 0 saturated heterocycles. The highest BCUT2D eigenvalue weighted by Crippen LogP contribution is 2.20. The monoisotopic (exact) mass is 547 g/mol. The zero-order chi connectivity index (χ0) is 28.5. The van der Waals surface area contributed by atoms with Gasteiger partial charge in [-0.25, -0.2) is 4.39 Å². The van der Waals surface area contributed by atoms with Gasteiger partial charge in [0, 0.05) is 31.3 Å². The number of rotatable bonds is 6. The van der Waals surface area contributed by atoms with Gasteiger partial charge in [-0.3, -0.25) is 4.79 Å². The van der Waals surface area contributed by atoms with E-state index < -0.39 is 18.0 Å². The zero-order valence-electron chi connectivity index (χ0n) is 23.9. The number of hydrogen-bond acceptors (Lipinski definition) is 5. The number of carbonyl (C=O) groups excluding carboxylic acids is 1. The van der Waals surface area contributed by atoms with E-state index in [0.717, 1.165) is 49.0 Å². The van der Waals surface area contributed by atoms with Crippen LogP contribution in [0.4, 0.5) is 4.39 Å². The maximum Gasteiger partial charge on any atom is 0.251 e. The molecule has 0 saturated carbocycles. The number of benzene rings is 3. The number of ether oxygens (including phenoxy) is 1. The summed E-state index contributed by atoms with van der Waals surface area (Å²) in [6.45, 7) is 7.08. The van der Waals surface area contributed by atoms with Gasteiger partial charge in [-0.2, -0.15) is 0 Å². The van der Waals surface area contributed by atoms with Gasteiger partial charge in [-0.1, -0.05) is 42.8 Å². The Bertz CT molecular complexity index is 1280. The highest BCUT2D eigenvalue weighted by molar-refractivity contribution is 5.94. The molecule has 1 heterocycles. The predicted molar refractivity (Wildman–Crippen MR) is 157 cm³/mol. The first-order valence-electron chi connectivity index (χ1n) is 14.3. The lowest BCUT2D eigenvalue weighted by molar-refractivity contribution is 0.0829. The molecule has 2 atom stereocenters. The van der Waals surface area contributed by atoms with Gasteiger partial charge in [0.15, 0.2) is 0 Å². The smallest absolute Gasteiger partial charge is 0.251 e. The second kappa shape index (κ2) is 14.4. The van der Waals surface area contributed by atoms with Crippen LogP contribution in [0.25, 0.3) is 0 Å². The molecule has 6 nitrogen and oxygen atoms in total. The third kappa shape index (κ3) is 8.88. The molecule has 40 heavy (non-hydrogen) atoms. The third-order valence-electron chi connectivity index (χ3n) is 7.30. The molecule has 0 aliphatic carbocycles. The summed E-state index contributed by atoms with van der Waals surface area (Å²) >= 11 is 0. The van der Waals surface area contributed by atoms with Crippen LogP contribution in [-0.2, 0) is 25.9 Å². The standard InChI is InChI=1S/C33H42FN3O3/c1-4-24-8-7-9-25(14-24)20-35-21-32(38)31-18-26-16-29(34)19-30(17-26)40-11-6-5-10-37(3)22-27-12-23(2)13-28(15-27)33(39)36-31/h7-9,12-17,19,31-32,35,38H,4-6,10-11,18,20-22H2,1-3H3,(H,36,39)/t31-,32+/m0/s1. The largest absolute Gasteiger partial charge is 0.493 e. The molecule has 3 N–H and O–H groups in total. The number of nitrogens with zero attached hydrogens (tertiary/aromatic N) is 1. The maximum absolute atomic E-state index is 14.5. The molecule has 214 valence electrons. The highest BCUT2D eigenvalue weighted by Gasteiger charge is 2.23. The summed E-state index contributed by atoms with van der Waals surface area (Å²) in [6, 6.07) is 18.2. The van der Waals surface area contributed by atoms with Crippen LogP contribution in [0.15, 0.2) is 60.7 Å². The molecule has 3 aromatic carbocycles. The van der Waals surface area contributed by atoms with Crippen molar-refractivity contribution in [3.63, 3.8) is 0 Å². The maximum atomic E-state index is 14.5. The van der Waals surface area contributed by atoms with Gasteiger partial charge < -0.3 is 25.4 Å². The van der Waals surface area contributed by atoms with Crippen molar-refractivity contribution >= 4 is 5.91 Å². The van der Waals surface area contributed by atoms with E-state index in [9.17, 15) is 14.3 Å². The van der Waals surface area contributed by atoms with Crippen LogP contribution in [0, 0.1) is 12.7 Å². The number of aliphatic hydroxyl groups is 1. The van der Waals surface area contributed by atoms with Gasteiger partial charge in [0.2, 0.25) is 0 Å². The number of amides is 1. The fourth-order valence-corrected chi connectivity index (χ4v) is 5.23. The predicted octanol–water partition coefficient (Wildman–Crippen LogP) is 4.79. The molecule has 0 fully saturated rings. The SMILES string of the molecule is CCc1cccc(CNC[C@@H](O)[C@@H]2Cc3cc(F)cc(c3)OCCCCN(C)Cc3cc(C)cc(c3)C(=O)N2)c1. The summed E-state index contributed by atoms with van der Waals surface area (Å²) in [7, 11) is 2.06. The van der Waals surface area contributed by atoms with Gasteiger partial charge in [0.05, 0.1) is 18.8 Å². The summed E-state index contributed by atoms with van der Waals surface area (Å²) in [4.78, 5) is 15.7. The summed E-state index contributed by atoms with van der Waals surface area (Å²) < 4.78 is 20.4. The van der Waals surface area contributed by atoms with Crippen LogP contribution in [-0.4, -0.2) is 54.8 Å². The van der Waals surface area contributed by atoms with Crippen molar-refractivity contribution in [1.82, 2.24) is 15.5 Å². The van der Waals surface area contributed by atoms with Crippen molar-refractivity contribution in [1.29, 1.82) is 0 Å². The number of halogens is 1. The Morgan fingerprint density at radius 2 is 1.93 bits per heavy atom. The lowest BCUT2D eigenvalue weighted by Crippen LogP contribution is -2.48. The molecule has 0 spiro atoms. The number of aryl methyl sites for hydroxylation is 2. The number of nitrogens with one attached hydrogen (secondary N) is 2. The first-order chi connectivity index (χ1) is 19.3. The van der Waals surface area contributed by atoms with E-state index in [4.69, 9.17) is 4.74 Å². The zero-order valence-corrected chi connectivity index (χ0v) is 23.9. The molecule has 7 heteroatoms. The topological polar surface area (TPSA) is 73.8 Å². The van der Waals surface area contributed by atoms with Gasteiger partial charge in [0.25, 0.3) is 5.91 Å². The Morgan fingerprint density at radius 1 is 1.10 bits per heavy atom. The average molecular weight is 548 g/mol. The second-order valence-corrected chi connectivity index (χ2v) is 11.0. The quantitative estimate of drug-likeness (QED) is 0.414. The van der Waals surface area contributed by atoms with E-state index in [1.807, 2.05) is 25.1 Å². The van der Waals surface area contributed by atoms with Crippen LogP contribution in [0.3, 0.4) is 0 Å². The van der Waals surface area contributed by atoms with Crippen LogP contribution in [0.5, 0.6) is 5.75 Å². The van der Waals surface area contributed by atoms with Crippen molar-refractivity contribution in [3.8, 4) is 5.75 Å². The van der Waals surface area contributed by atoms with Crippen molar-refractivity contribution in [2.45, 2.75) is 64.8 Å². The van der Waals surface area contributed by atoms with Crippen LogP contribution >= 0.6 is 0 Å². The van der Waals surface area contributed by atoms with Crippen LogP contribution in [0.1, 0.15) is 57.9 Å². The Labute approximate surface area is 237 Å². The van der Waals surface area contributed by atoms with E-state index in [1.165, 1.54) is 17.7 Å². The summed E-state index contributed by atoms with van der Waals surface area (Å²) in [5.41, 5.74) is 5.67. The lowest BCUT2D eigenvalue weighted by atomic mass is 9.99. The van der Waals surface area contributed by atoms with E-state index >= 15 is 0 Å². The summed E-state index contributed by atoms with van der Waals surface area (Å²) in [5.74, 6) is -0.199. The van der Waals surface area contributed by atoms with Gasteiger partial charge in [-0.15, -0.1) is 0 Å². The summed E-state index contributed by atoms with van der Waals surface area (Å²) in [5, 5.41) is 17.6. The third-order valence-corrected chi connectivity index (χ3v) is 7.30. The van der Waals surface area contributed by atoms with Gasteiger partial charge in [0.1, 0.15) is 11.6 Å². The Morgan fingerprint density at radius 3 is 2.75 bits per heavy atom. The minimum atomic E-state index is -0.900. The molecule has 4 bridgehead atoms. The molecule has 0 unspecified atom stereocenters. The highest BCUT2D eigenvalue weighted by atomic mass is 19.1. The average Bonchev–Trinajstić information content (AvgIpc) is 2.91. The van der Waals surface area contributed by atoms with E-state index in [1.54, 1.807) is 6.07 Å². The molecule has 3 aromatic rings. The fourth-order valence-electron chi connectivity index (χ4n) is 5.23. The fraction of sp³-hybridized carbons (Fsp3) is 0.424. The molecule has 1 aliphatic heterocycles. The number of aliphatic hydroxyl groups excluding tert-OH is 1. The van der Waals surface area contributed by atoms with Gasteiger partial charge in [-0.05, 0) is 92.7 Å². The Hall–Kier alpha value is -3.26. The molecule has 1 amide bonds. The number of fused-ring (bicyclic) bond motifs is 4. The van der Waals surface area contributed by atoms with Crippen LogP contribution in [0.2, 0.25) is 0 Å². The van der Waals surface area contributed by atoms with Crippen molar-refractivity contribution in [3.05, 3.63) is 99.9 Å². The molecular formula is C33H42FN3O3. The number of hydrogen-bond donors (Lipinski definition) is 3. The van der Waals surface area contributed by atoms with E-state index in [-0.39, 0.29) is 18.9 Å². The van der Waals surface area contributed by atoms with E-state index in [2.05, 4.69) is 53.8 Å². The molecule has 0 aromatic heterocycles. The molecular weight excluding hydrogens is 505 g/mol. The minimum Gasteiger partial charge on any atom is -0.493 e. The molecule has 0 radical (unpaired) electrons. The normalized spacial score (nSPS) is 17.9. The molecule has 1 aliphatic rings. The number of carbonyl (C=O) groups is 1. The van der Waals surface area contributed by atoms with E-state index in [0.29, 0.717) is 30.0 Å². The van der Waals surface area contributed by atoms with Crippen molar-refractivity contribution in [2.24, 2.45) is 0 Å². The lowest BCUT2D eigenvalue weighted by Gasteiger charge is -2.25. The first kappa shape index (κ1) is 29.7. The minimum absolute atomic E-state index is 0.259. The summed E-state index contributed by atoms with van der Waals surface area (Å²) in [6.07, 6.45) is 2.12. The first-order valence-corrected chi connectivity index (χ1v) is 14.3.